The van der Waals surface area contributed by atoms with E-state index in [2.05, 4.69) is 37.5 Å². The molecule has 1 amide bonds. The highest BCUT2D eigenvalue weighted by Gasteiger charge is 2.18. The largest absolute Gasteiger partial charge is 0.446 e. The van der Waals surface area contributed by atoms with Crippen molar-refractivity contribution in [2.75, 3.05) is 11.1 Å². The molecule has 4 aromatic rings. The second kappa shape index (κ2) is 9.64. The third-order valence-electron chi connectivity index (χ3n) is 4.30. The number of nitrogens with zero attached hydrogens (tertiary/aromatic N) is 4. The van der Waals surface area contributed by atoms with Gasteiger partial charge in [-0.2, -0.15) is 5.26 Å². The van der Waals surface area contributed by atoms with Gasteiger partial charge >= 0.3 is 0 Å². The number of anilines is 1. The fraction of sp³-hybridized carbons (Fsp3) is 0.0909. The number of carbonyl (C=O) groups excluding carboxylic acids is 1. The minimum Gasteiger partial charge on any atom is -0.446 e. The Morgan fingerprint density at radius 1 is 1.13 bits per heavy atom. The first-order valence-corrected chi connectivity index (χ1v) is 11.1. The zero-order valence-corrected chi connectivity index (χ0v) is 18.6. The Labute approximate surface area is 191 Å². The van der Waals surface area contributed by atoms with Crippen LogP contribution in [0.4, 0.5) is 5.69 Å². The molecule has 0 unspecified atom stereocenters. The van der Waals surface area contributed by atoms with Crippen LogP contribution in [0.5, 0.6) is 0 Å². The molecule has 0 atom stereocenters. The fourth-order valence-corrected chi connectivity index (χ4v) is 3.96. The smallest absolute Gasteiger partial charge is 0.234 e. The average molecular weight is 494 g/mol. The summed E-state index contributed by atoms with van der Waals surface area (Å²) >= 11 is 4.60. The van der Waals surface area contributed by atoms with Crippen LogP contribution < -0.4 is 5.32 Å². The summed E-state index contributed by atoms with van der Waals surface area (Å²) in [6.45, 7) is 0.537. The minimum atomic E-state index is -0.198. The van der Waals surface area contributed by atoms with Crippen molar-refractivity contribution in [3.05, 3.63) is 82.5 Å². The first-order chi connectivity index (χ1) is 15.1. The van der Waals surface area contributed by atoms with Crippen molar-refractivity contribution in [2.24, 2.45) is 0 Å². The lowest BCUT2D eigenvalue weighted by Crippen LogP contribution is -2.15. The van der Waals surface area contributed by atoms with Crippen molar-refractivity contribution < 1.29 is 9.21 Å². The Morgan fingerprint density at radius 3 is 2.71 bits per heavy atom. The molecule has 1 N–H and O–H groups in total. The van der Waals surface area contributed by atoms with Crippen molar-refractivity contribution in [3.63, 3.8) is 0 Å². The molecule has 0 aliphatic carbocycles. The van der Waals surface area contributed by atoms with Gasteiger partial charge in [0.1, 0.15) is 0 Å². The van der Waals surface area contributed by atoms with E-state index >= 15 is 0 Å². The van der Waals surface area contributed by atoms with Gasteiger partial charge in [0, 0.05) is 5.69 Å². The summed E-state index contributed by atoms with van der Waals surface area (Å²) in [6.07, 6.45) is 0. The highest BCUT2D eigenvalue weighted by atomic mass is 79.9. The highest BCUT2D eigenvalue weighted by Crippen LogP contribution is 2.28. The summed E-state index contributed by atoms with van der Waals surface area (Å²) in [5.41, 5.74) is 2.15. The zero-order chi connectivity index (χ0) is 21.6. The van der Waals surface area contributed by atoms with Crippen LogP contribution in [0.3, 0.4) is 0 Å². The van der Waals surface area contributed by atoms with Gasteiger partial charge in [0.2, 0.25) is 11.7 Å². The van der Waals surface area contributed by atoms with E-state index in [0.717, 1.165) is 5.56 Å². The number of rotatable bonds is 7. The Hall–Kier alpha value is -3.35. The van der Waals surface area contributed by atoms with Crippen molar-refractivity contribution in [1.29, 1.82) is 5.26 Å². The normalized spacial score (nSPS) is 10.6. The predicted octanol–water partition coefficient (Wildman–Crippen LogP) is 4.95. The molecule has 0 aliphatic rings. The van der Waals surface area contributed by atoms with Crippen LogP contribution in [0.25, 0.3) is 11.6 Å². The first-order valence-electron chi connectivity index (χ1n) is 9.28. The Kier molecular flexibility index (Phi) is 6.50. The second-order valence-electron chi connectivity index (χ2n) is 6.51. The maximum atomic E-state index is 12.4. The molecule has 7 nitrogen and oxygen atoms in total. The van der Waals surface area contributed by atoms with Crippen LogP contribution in [-0.2, 0) is 11.3 Å². The summed E-state index contributed by atoms with van der Waals surface area (Å²) in [5, 5.41) is 21.0. The van der Waals surface area contributed by atoms with Crippen LogP contribution >= 0.6 is 27.7 Å². The SMILES string of the molecule is N#Cc1cccc(NC(=O)CSc2nnc(-c3ccc(Br)o3)n2Cc2ccccc2)c1. The molecule has 154 valence electrons. The standard InChI is InChI=1S/C22H16BrN5O2S/c23-19-10-9-18(30-19)21-26-27-22(28(21)13-15-5-2-1-3-6-15)31-14-20(29)25-17-8-4-7-16(11-17)12-24/h1-11H,13-14H2,(H,25,29). The van der Waals surface area contributed by atoms with Crippen molar-refractivity contribution >= 4 is 39.3 Å². The van der Waals surface area contributed by atoms with Gasteiger partial charge in [-0.1, -0.05) is 48.2 Å². The molecule has 0 saturated heterocycles. The van der Waals surface area contributed by atoms with Crippen molar-refractivity contribution in [1.82, 2.24) is 14.8 Å². The highest BCUT2D eigenvalue weighted by molar-refractivity contribution is 9.10. The number of aromatic nitrogens is 3. The van der Waals surface area contributed by atoms with E-state index in [4.69, 9.17) is 9.68 Å². The fourth-order valence-electron chi connectivity index (χ4n) is 2.91. The number of amides is 1. The number of nitriles is 1. The molecule has 2 aromatic heterocycles. The number of thioether (sulfide) groups is 1. The van der Waals surface area contributed by atoms with E-state index in [-0.39, 0.29) is 11.7 Å². The molecule has 0 spiro atoms. The van der Waals surface area contributed by atoms with Gasteiger partial charge in [0.05, 0.1) is 23.9 Å². The molecule has 4 rings (SSSR count). The molecule has 0 aliphatic heterocycles. The summed E-state index contributed by atoms with van der Waals surface area (Å²) in [5.74, 6) is 1.11. The molecule has 2 aromatic carbocycles. The maximum Gasteiger partial charge on any atom is 0.234 e. The van der Waals surface area contributed by atoms with E-state index in [1.54, 1.807) is 30.3 Å². The lowest BCUT2D eigenvalue weighted by atomic mass is 10.2. The Bertz CT molecular complexity index is 1250. The summed E-state index contributed by atoms with van der Waals surface area (Å²) in [7, 11) is 0. The molecular formula is C22H16BrN5O2S. The topological polar surface area (TPSA) is 96.7 Å². The second-order valence-corrected chi connectivity index (χ2v) is 8.24. The number of hydrogen-bond acceptors (Lipinski definition) is 6. The monoisotopic (exact) mass is 493 g/mol. The molecule has 0 fully saturated rings. The van der Waals surface area contributed by atoms with Gasteiger partial charge in [0.15, 0.2) is 15.6 Å². The molecule has 0 radical (unpaired) electrons. The number of furan rings is 1. The Morgan fingerprint density at radius 2 is 1.97 bits per heavy atom. The lowest BCUT2D eigenvalue weighted by molar-refractivity contribution is -0.113. The third-order valence-corrected chi connectivity index (χ3v) is 5.69. The minimum absolute atomic E-state index is 0.144. The van der Waals surface area contributed by atoms with Crippen LogP contribution in [0.15, 0.2) is 81.0 Å². The van der Waals surface area contributed by atoms with Gasteiger partial charge in [-0.15, -0.1) is 10.2 Å². The zero-order valence-electron chi connectivity index (χ0n) is 16.2. The van der Waals surface area contributed by atoms with E-state index < -0.39 is 0 Å². The number of carbonyl (C=O) groups is 1. The summed E-state index contributed by atoms with van der Waals surface area (Å²) < 4.78 is 8.19. The Balaban J connectivity index is 1.52. The third kappa shape index (κ3) is 5.23. The van der Waals surface area contributed by atoms with E-state index in [1.165, 1.54) is 11.8 Å². The maximum absolute atomic E-state index is 12.4. The molecule has 31 heavy (non-hydrogen) atoms. The molecule has 0 bridgehead atoms. The van der Waals surface area contributed by atoms with Gasteiger partial charge in [-0.3, -0.25) is 9.36 Å². The number of halogens is 1. The van der Waals surface area contributed by atoms with Gasteiger partial charge in [0.25, 0.3) is 0 Å². The van der Waals surface area contributed by atoms with E-state index in [1.807, 2.05) is 41.0 Å². The number of nitrogens with one attached hydrogen (secondary N) is 1. The molecule has 2 heterocycles. The van der Waals surface area contributed by atoms with Crippen molar-refractivity contribution in [3.8, 4) is 17.7 Å². The van der Waals surface area contributed by atoms with Crippen LogP contribution in [0.2, 0.25) is 0 Å². The van der Waals surface area contributed by atoms with Crippen LogP contribution in [0, 0.1) is 11.3 Å². The summed E-state index contributed by atoms with van der Waals surface area (Å²) in [6, 6.07) is 22.4. The molecule has 0 saturated carbocycles. The van der Waals surface area contributed by atoms with E-state index in [9.17, 15) is 4.79 Å². The summed E-state index contributed by atoms with van der Waals surface area (Å²) in [4.78, 5) is 12.4. The van der Waals surface area contributed by atoms with Gasteiger partial charge in [-0.05, 0) is 51.8 Å². The van der Waals surface area contributed by atoms with E-state index in [0.29, 0.717) is 39.2 Å². The van der Waals surface area contributed by atoms with Crippen molar-refractivity contribution in [2.45, 2.75) is 11.7 Å². The number of benzene rings is 2. The quantitative estimate of drug-likeness (QED) is 0.365. The van der Waals surface area contributed by atoms with Crippen LogP contribution in [-0.4, -0.2) is 26.4 Å². The first kappa shape index (κ1) is 20.9. The van der Waals surface area contributed by atoms with Crippen LogP contribution in [0.1, 0.15) is 11.1 Å². The molecular weight excluding hydrogens is 478 g/mol. The molecule has 9 heteroatoms. The lowest BCUT2D eigenvalue weighted by Gasteiger charge is -2.10. The number of hydrogen-bond donors (Lipinski definition) is 1. The van der Waals surface area contributed by atoms with Gasteiger partial charge in [-0.25, -0.2) is 0 Å². The van der Waals surface area contributed by atoms with Gasteiger partial charge < -0.3 is 9.73 Å². The average Bonchev–Trinajstić information content (AvgIpc) is 3.39. The predicted molar refractivity (Wildman–Crippen MR) is 121 cm³/mol.